The first-order valence-corrected chi connectivity index (χ1v) is 10.3. The Balaban J connectivity index is -0.000000320. The topological polar surface area (TPSA) is 14.1 Å². The molecule has 1 radical (unpaired) electrons. The van der Waals surface area contributed by atoms with Gasteiger partial charge < -0.3 is 4.65 Å². The molecule has 11 heavy (non-hydrogen) atoms. The predicted octanol–water partition coefficient (Wildman–Crippen LogP) is -0.347. The molecule has 57 valence electrons. The molecule has 0 saturated heterocycles. The normalized spacial score (nSPS) is 11.5. The molecule has 0 aromatic rings. The molecule has 0 N–H and O–H groups in total. The van der Waals surface area contributed by atoms with Gasteiger partial charge in [0.15, 0.2) is 0 Å². The van der Waals surface area contributed by atoms with Gasteiger partial charge in [0, 0.05) is 18.9 Å². The maximum Gasteiger partial charge on any atom is 1.00 e. The van der Waals surface area contributed by atoms with Crippen molar-refractivity contribution in [3.8, 4) is 0 Å². The second-order valence-corrected chi connectivity index (χ2v) is 14.0. The van der Waals surface area contributed by atoms with Gasteiger partial charge in [0.1, 0.15) is 0 Å². The Kier molecular flexibility index (Phi) is 10.2. The van der Waals surface area contributed by atoms with Crippen LogP contribution in [0, 0.1) is 0 Å². The Morgan fingerprint density at radius 2 is 0.909 bits per heavy atom. The Hall–Kier alpha value is 1.59. The zero-order valence-electron chi connectivity index (χ0n) is 9.45. The van der Waals surface area contributed by atoms with E-state index < -0.39 is 16.5 Å². The van der Waals surface area contributed by atoms with Crippen molar-refractivity contribution in [1.29, 1.82) is 0 Å². The maximum atomic E-state index is 4.82. The SMILES string of the molecule is C[Si](C)(C)[N-][Si](C)(C)C.[Li+].[Li]. The third-order valence-electron chi connectivity index (χ3n) is 0.671. The Morgan fingerprint density at radius 1 is 0.727 bits per heavy atom. The number of rotatable bonds is 2. The summed E-state index contributed by atoms with van der Waals surface area (Å²) in [6, 6.07) is 0. The van der Waals surface area contributed by atoms with Gasteiger partial charge in [-0.25, -0.2) is 0 Å². The van der Waals surface area contributed by atoms with Crippen LogP contribution in [-0.2, 0) is 0 Å². The van der Waals surface area contributed by atoms with Crippen LogP contribution < -0.4 is 18.9 Å². The monoisotopic (exact) mass is 174 g/mol. The van der Waals surface area contributed by atoms with E-state index in [9.17, 15) is 0 Å². The van der Waals surface area contributed by atoms with Crippen LogP contribution in [0.2, 0.25) is 39.3 Å². The van der Waals surface area contributed by atoms with E-state index in [0.29, 0.717) is 0 Å². The molecule has 5 heteroatoms. The third-order valence-corrected chi connectivity index (χ3v) is 6.04. The summed E-state index contributed by atoms with van der Waals surface area (Å²) in [5.41, 5.74) is 0. The first kappa shape index (κ1) is 18.4. The van der Waals surface area contributed by atoms with Crippen molar-refractivity contribution in [2.75, 3.05) is 0 Å². The fourth-order valence-electron chi connectivity index (χ4n) is 1.01. The van der Waals surface area contributed by atoms with E-state index in [1.54, 1.807) is 0 Å². The molecule has 0 saturated carbocycles. The molecular weight excluding hydrogens is 156 g/mol. The van der Waals surface area contributed by atoms with E-state index in [1.165, 1.54) is 0 Å². The Morgan fingerprint density at radius 3 is 0.909 bits per heavy atom. The fraction of sp³-hybridized carbons (Fsp3) is 1.00. The van der Waals surface area contributed by atoms with Crippen molar-refractivity contribution >= 4 is 35.3 Å². The van der Waals surface area contributed by atoms with Crippen molar-refractivity contribution in [3.63, 3.8) is 0 Å². The molecule has 0 aliphatic heterocycles. The molecule has 0 heterocycles. The van der Waals surface area contributed by atoms with E-state index in [-0.39, 0.29) is 37.7 Å². The van der Waals surface area contributed by atoms with E-state index in [1.807, 2.05) is 0 Å². The fourth-order valence-corrected chi connectivity index (χ4v) is 9.06. The van der Waals surface area contributed by atoms with Crippen LogP contribution in [0.4, 0.5) is 0 Å². The predicted molar refractivity (Wildman–Crippen MR) is 55.8 cm³/mol. The molecule has 0 aliphatic carbocycles. The van der Waals surface area contributed by atoms with Crippen LogP contribution in [0.1, 0.15) is 0 Å². The first-order valence-electron chi connectivity index (χ1n) is 3.45. The second kappa shape index (κ2) is 6.10. The van der Waals surface area contributed by atoms with Gasteiger partial charge in [-0.05, 0) is 0 Å². The molecule has 0 amide bonds. The maximum absolute atomic E-state index is 4.82. The largest absolute Gasteiger partial charge is 1.00 e. The van der Waals surface area contributed by atoms with E-state index in [4.69, 9.17) is 4.65 Å². The average Bonchev–Trinajstić information content (AvgIpc) is 1.14. The van der Waals surface area contributed by atoms with E-state index >= 15 is 0 Å². The van der Waals surface area contributed by atoms with Crippen molar-refractivity contribution in [1.82, 2.24) is 0 Å². The van der Waals surface area contributed by atoms with Gasteiger partial charge in [0.05, 0.1) is 0 Å². The van der Waals surface area contributed by atoms with Crippen LogP contribution in [0.15, 0.2) is 0 Å². The number of nitrogens with zero attached hydrogens (tertiary/aromatic N) is 1. The molecule has 0 aromatic carbocycles. The number of hydrogen-bond donors (Lipinski definition) is 0. The first-order chi connectivity index (χ1) is 3.71. The van der Waals surface area contributed by atoms with Crippen molar-refractivity contribution in [2.24, 2.45) is 0 Å². The Bertz CT molecular complexity index is 83.7. The summed E-state index contributed by atoms with van der Waals surface area (Å²) in [5, 5.41) is 0. The minimum absolute atomic E-state index is 0. The van der Waals surface area contributed by atoms with Gasteiger partial charge in [0.2, 0.25) is 0 Å². The summed E-state index contributed by atoms with van der Waals surface area (Å²) in [6.45, 7) is 13.8. The van der Waals surface area contributed by atoms with Gasteiger partial charge >= 0.3 is 18.9 Å². The summed E-state index contributed by atoms with van der Waals surface area (Å²) >= 11 is 0. The van der Waals surface area contributed by atoms with Crippen molar-refractivity contribution < 1.29 is 18.9 Å². The van der Waals surface area contributed by atoms with Gasteiger partial charge in [-0.3, -0.25) is 0 Å². The van der Waals surface area contributed by atoms with Crippen LogP contribution in [0.3, 0.4) is 0 Å². The molecule has 0 rings (SSSR count). The molecule has 0 fully saturated rings. The van der Waals surface area contributed by atoms with E-state index in [0.717, 1.165) is 0 Å². The summed E-state index contributed by atoms with van der Waals surface area (Å²) in [4.78, 5) is 0. The van der Waals surface area contributed by atoms with Gasteiger partial charge in [-0.2, -0.15) is 0 Å². The van der Waals surface area contributed by atoms with Gasteiger partial charge in [-0.1, -0.05) is 55.8 Å². The van der Waals surface area contributed by atoms with Crippen LogP contribution >= 0.6 is 0 Å². The zero-order chi connectivity index (χ0) is 7.71. The quantitative estimate of drug-likeness (QED) is 0.508. The summed E-state index contributed by atoms with van der Waals surface area (Å²) in [7, 11) is -2.21. The number of hydrogen-bond acceptors (Lipinski definition) is 0. The average molecular weight is 174 g/mol. The molecular formula is C6H18Li2NSi2. The molecule has 0 bridgehead atoms. The second-order valence-electron chi connectivity index (χ2n) is 4.45. The summed E-state index contributed by atoms with van der Waals surface area (Å²) in [5.74, 6) is 0. The standard InChI is InChI=1S/C6H18NSi2.2Li/c1-8(2,3)7-9(4,5)6;;/h1-6H3;;/q-1;;+1. The molecule has 0 spiro atoms. The van der Waals surface area contributed by atoms with E-state index in [2.05, 4.69) is 39.3 Å². The molecule has 0 atom stereocenters. The molecule has 0 unspecified atom stereocenters. The minimum Gasteiger partial charge on any atom is -0.668 e. The zero-order valence-corrected chi connectivity index (χ0v) is 11.4. The van der Waals surface area contributed by atoms with Crippen LogP contribution in [0.25, 0.3) is 4.65 Å². The van der Waals surface area contributed by atoms with Crippen molar-refractivity contribution in [3.05, 3.63) is 4.65 Å². The Labute approximate surface area is 97.6 Å². The smallest absolute Gasteiger partial charge is 0.668 e. The molecule has 0 aromatic heterocycles. The van der Waals surface area contributed by atoms with Crippen LogP contribution in [0.5, 0.6) is 0 Å². The van der Waals surface area contributed by atoms with Crippen molar-refractivity contribution in [2.45, 2.75) is 39.3 Å². The third kappa shape index (κ3) is 18.5. The molecule has 1 nitrogen and oxygen atoms in total. The summed E-state index contributed by atoms with van der Waals surface area (Å²) in [6.07, 6.45) is 0. The minimum atomic E-state index is -1.11. The van der Waals surface area contributed by atoms with Gasteiger partial charge in [0.25, 0.3) is 0 Å². The van der Waals surface area contributed by atoms with Gasteiger partial charge in [-0.15, -0.1) is 0 Å². The molecule has 0 aliphatic rings. The summed E-state index contributed by atoms with van der Waals surface area (Å²) < 4.78 is 4.82. The van der Waals surface area contributed by atoms with Crippen LogP contribution in [-0.4, -0.2) is 35.3 Å².